The molecule has 184 valence electrons. The Labute approximate surface area is 210 Å². The van der Waals surface area contributed by atoms with Gasteiger partial charge in [0.05, 0.1) is 6.10 Å². The maximum absolute atomic E-state index is 10.8. The van der Waals surface area contributed by atoms with Crippen molar-refractivity contribution in [2.24, 2.45) is 0 Å². The molecule has 2 aliphatic rings. The fourth-order valence-corrected chi connectivity index (χ4v) is 6.19. The third-order valence-electron chi connectivity index (χ3n) is 8.31. The van der Waals surface area contributed by atoms with Crippen LogP contribution in [0.5, 0.6) is 5.75 Å². The Hall–Kier alpha value is -2.62. The number of likely N-dealkylation sites (N-methyl/N-ethyl adjacent to an activating group) is 1. The largest absolute Gasteiger partial charge is 0.489 e. The molecule has 1 saturated carbocycles. The van der Waals surface area contributed by atoms with E-state index in [1.54, 1.807) is 0 Å². The van der Waals surface area contributed by atoms with Crippen LogP contribution in [0.2, 0.25) is 0 Å². The summed E-state index contributed by atoms with van der Waals surface area (Å²) in [6.45, 7) is 8.26. The lowest BCUT2D eigenvalue weighted by Gasteiger charge is -2.54. The molecule has 35 heavy (non-hydrogen) atoms. The predicted octanol–water partition coefficient (Wildman–Crippen LogP) is 6.77. The van der Waals surface area contributed by atoms with E-state index in [0.29, 0.717) is 12.6 Å². The third kappa shape index (κ3) is 4.41. The lowest BCUT2D eigenvalue weighted by Crippen LogP contribution is -2.58. The van der Waals surface area contributed by atoms with Crippen LogP contribution in [0.1, 0.15) is 80.4 Å². The van der Waals surface area contributed by atoms with Crippen molar-refractivity contribution < 1.29 is 9.84 Å². The van der Waals surface area contributed by atoms with Gasteiger partial charge < -0.3 is 14.7 Å². The zero-order chi connectivity index (χ0) is 24.6. The molecule has 3 aromatic rings. The number of aliphatic hydroxyl groups is 1. The van der Waals surface area contributed by atoms with Gasteiger partial charge in [-0.3, -0.25) is 0 Å². The van der Waals surface area contributed by atoms with Gasteiger partial charge in [0, 0.05) is 17.0 Å². The van der Waals surface area contributed by atoms with Crippen LogP contribution in [0.4, 0.5) is 0 Å². The molecule has 0 amide bonds. The Morgan fingerprint density at radius 3 is 2.34 bits per heavy atom. The fourth-order valence-electron chi connectivity index (χ4n) is 6.19. The number of nitrogens with zero attached hydrogens (tertiary/aromatic N) is 1. The predicted molar refractivity (Wildman–Crippen MR) is 143 cm³/mol. The highest BCUT2D eigenvalue weighted by Gasteiger charge is 2.53. The highest BCUT2D eigenvalue weighted by atomic mass is 16.5. The van der Waals surface area contributed by atoms with Crippen LogP contribution in [-0.2, 0) is 17.4 Å². The molecule has 3 atom stereocenters. The summed E-state index contributed by atoms with van der Waals surface area (Å²) < 4.78 is 6.27. The molecule has 3 nitrogen and oxygen atoms in total. The average Bonchev–Trinajstić information content (AvgIpc) is 2.98. The first-order valence-corrected chi connectivity index (χ1v) is 13.1. The van der Waals surface area contributed by atoms with Crippen molar-refractivity contribution in [1.29, 1.82) is 0 Å². The second-order valence-electron chi connectivity index (χ2n) is 11.5. The molecule has 1 fully saturated rings. The molecule has 0 aromatic heterocycles. The molecule has 3 aromatic carbocycles. The van der Waals surface area contributed by atoms with Gasteiger partial charge in [0.2, 0.25) is 0 Å². The molecule has 0 saturated heterocycles. The SMILES string of the molecule is CN(CCCC(O)c1ccc(C(C)(C)C)cc1)C1CC[C@]12c1ccccc1COc1ccccc12. The van der Waals surface area contributed by atoms with E-state index < -0.39 is 6.10 Å². The molecule has 2 unspecified atom stereocenters. The molecule has 3 heteroatoms. The third-order valence-corrected chi connectivity index (χ3v) is 8.31. The fraction of sp³-hybridized carbons (Fsp3) is 0.438. The van der Waals surface area contributed by atoms with E-state index in [0.717, 1.165) is 37.1 Å². The lowest BCUT2D eigenvalue weighted by atomic mass is 9.55. The van der Waals surface area contributed by atoms with Crippen LogP contribution in [0.15, 0.2) is 72.8 Å². The van der Waals surface area contributed by atoms with Crippen LogP contribution in [-0.4, -0.2) is 29.6 Å². The molecule has 1 aliphatic carbocycles. The van der Waals surface area contributed by atoms with Gasteiger partial charge in [-0.05, 0) is 73.0 Å². The maximum Gasteiger partial charge on any atom is 0.123 e. The molecule has 1 N–H and O–H groups in total. The van der Waals surface area contributed by atoms with Crippen molar-refractivity contribution in [2.75, 3.05) is 13.6 Å². The summed E-state index contributed by atoms with van der Waals surface area (Å²) in [5.74, 6) is 1.02. The van der Waals surface area contributed by atoms with Crippen molar-refractivity contribution in [2.45, 2.75) is 76.0 Å². The van der Waals surface area contributed by atoms with Gasteiger partial charge in [-0.25, -0.2) is 0 Å². The number of ether oxygens (including phenoxy) is 1. The number of para-hydroxylation sites is 1. The summed E-state index contributed by atoms with van der Waals surface area (Å²) in [5, 5.41) is 10.8. The highest BCUT2D eigenvalue weighted by molar-refractivity contribution is 5.55. The first-order chi connectivity index (χ1) is 16.8. The van der Waals surface area contributed by atoms with Crippen molar-refractivity contribution in [3.8, 4) is 5.75 Å². The van der Waals surface area contributed by atoms with E-state index in [9.17, 15) is 5.11 Å². The minimum atomic E-state index is -0.416. The Balaban J connectivity index is 1.30. The number of benzene rings is 3. The quantitative estimate of drug-likeness (QED) is 0.432. The topological polar surface area (TPSA) is 32.7 Å². The van der Waals surface area contributed by atoms with E-state index in [1.807, 2.05) is 0 Å². The number of hydrogen-bond acceptors (Lipinski definition) is 3. The molecule has 0 radical (unpaired) electrons. The first-order valence-electron chi connectivity index (χ1n) is 13.1. The summed E-state index contributed by atoms with van der Waals surface area (Å²) >= 11 is 0. The average molecular weight is 470 g/mol. The van der Waals surface area contributed by atoms with E-state index in [1.165, 1.54) is 28.7 Å². The zero-order valence-corrected chi connectivity index (χ0v) is 21.6. The summed E-state index contributed by atoms with van der Waals surface area (Å²) in [6.07, 6.45) is 3.64. The van der Waals surface area contributed by atoms with Crippen LogP contribution < -0.4 is 4.74 Å². The van der Waals surface area contributed by atoms with Gasteiger partial charge in [0.25, 0.3) is 0 Å². The molecule has 5 rings (SSSR count). The Morgan fingerprint density at radius 1 is 0.971 bits per heavy atom. The van der Waals surface area contributed by atoms with E-state index in [-0.39, 0.29) is 10.8 Å². The lowest BCUT2D eigenvalue weighted by molar-refractivity contribution is 0.0701. The second-order valence-corrected chi connectivity index (χ2v) is 11.5. The minimum absolute atomic E-state index is 0.0279. The summed E-state index contributed by atoms with van der Waals surface area (Å²) in [5.41, 5.74) is 6.47. The molecule has 1 spiro atoms. The van der Waals surface area contributed by atoms with E-state index in [2.05, 4.69) is 106 Å². The number of hydrogen-bond donors (Lipinski definition) is 1. The molecule has 1 heterocycles. The number of fused-ring (bicyclic) bond motifs is 4. The smallest absolute Gasteiger partial charge is 0.123 e. The number of aliphatic hydroxyl groups excluding tert-OH is 1. The Kier molecular flexibility index (Phi) is 6.50. The van der Waals surface area contributed by atoms with Gasteiger partial charge in [0.15, 0.2) is 0 Å². The highest BCUT2D eigenvalue weighted by Crippen LogP contribution is 2.55. The normalized spacial score (nSPS) is 22.1. The van der Waals surface area contributed by atoms with Crippen LogP contribution in [0.25, 0.3) is 0 Å². The molecular formula is C32H39NO2. The minimum Gasteiger partial charge on any atom is -0.489 e. The molecular weight excluding hydrogens is 430 g/mol. The number of rotatable bonds is 6. The van der Waals surface area contributed by atoms with Crippen molar-refractivity contribution in [3.05, 3.63) is 101 Å². The van der Waals surface area contributed by atoms with Crippen molar-refractivity contribution >= 4 is 0 Å². The monoisotopic (exact) mass is 469 g/mol. The van der Waals surface area contributed by atoms with Crippen molar-refractivity contribution in [3.63, 3.8) is 0 Å². The van der Waals surface area contributed by atoms with Gasteiger partial charge in [0.1, 0.15) is 12.4 Å². The standard InChI is InChI=1S/C32H39NO2/c1-31(2,3)25-17-15-23(16-18-25)28(34)13-9-21-33(4)30-19-20-32(30)26-11-6-5-10-24(26)22-35-29-14-8-7-12-27(29)32/h5-8,10-12,14-18,28,30,34H,9,13,19-22H2,1-4H3/t28?,30?,32-/m1/s1. The van der Waals surface area contributed by atoms with E-state index in [4.69, 9.17) is 4.74 Å². The van der Waals surface area contributed by atoms with Gasteiger partial charge in [-0.1, -0.05) is 87.5 Å². The second kappa shape index (κ2) is 9.44. The van der Waals surface area contributed by atoms with Gasteiger partial charge in [-0.15, -0.1) is 0 Å². The summed E-state index contributed by atoms with van der Waals surface area (Å²) in [4.78, 5) is 2.53. The molecule has 0 bridgehead atoms. The maximum atomic E-state index is 10.8. The Morgan fingerprint density at radius 2 is 1.66 bits per heavy atom. The summed E-state index contributed by atoms with van der Waals surface area (Å²) in [7, 11) is 2.26. The zero-order valence-electron chi connectivity index (χ0n) is 21.6. The van der Waals surface area contributed by atoms with Crippen LogP contribution in [0, 0.1) is 0 Å². The summed E-state index contributed by atoms with van der Waals surface area (Å²) in [6, 6.07) is 26.4. The molecule has 1 aliphatic heterocycles. The van der Waals surface area contributed by atoms with Gasteiger partial charge in [-0.2, -0.15) is 0 Å². The van der Waals surface area contributed by atoms with Crippen LogP contribution >= 0.6 is 0 Å². The van der Waals surface area contributed by atoms with Crippen LogP contribution in [0.3, 0.4) is 0 Å². The Bertz CT molecular complexity index is 1110. The van der Waals surface area contributed by atoms with Gasteiger partial charge >= 0.3 is 0 Å². The van der Waals surface area contributed by atoms with Crippen molar-refractivity contribution in [1.82, 2.24) is 4.90 Å². The first kappa shape index (κ1) is 24.1. The van der Waals surface area contributed by atoms with E-state index >= 15 is 0 Å².